The molecule has 0 fully saturated rings. The summed E-state index contributed by atoms with van der Waals surface area (Å²) < 4.78 is 18.6. The Labute approximate surface area is 250 Å². The van der Waals surface area contributed by atoms with Crippen LogP contribution in [0.15, 0.2) is 147 Å². The first-order valence-electron chi connectivity index (χ1n) is 14.6. The topological polar surface area (TPSA) is 55.6 Å². The lowest BCUT2D eigenvalue weighted by Gasteiger charge is -2.24. The van der Waals surface area contributed by atoms with Gasteiger partial charge in [-0.3, -0.25) is 4.90 Å². The maximum Gasteiger partial charge on any atom is 0.154 e. The zero-order valence-electron chi connectivity index (χ0n) is 23.3. The molecule has 5 nitrogen and oxygen atoms in total. The molecule has 0 spiro atoms. The fourth-order valence-electron chi connectivity index (χ4n) is 6.64. The van der Waals surface area contributed by atoms with Crippen molar-refractivity contribution in [1.82, 2.24) is 4.98 Å². The predicted octanol–water partition coefficient (Wildman–Crippen LogP) is 11.4. The van der Waals surface area contributed by atoms with Gasteiger partial charge >= 0.3 is 0 Å². The van der Waals surface area contributed by atoms with Crippen LogP contribution < -0.4 is 4.90 Å². The minimum absolute atomic E-state index is 0.757. The van der Waals surface area contributed by atoms with Gasteiger partial charge in [-0.1, -0.05) is 66.7 Å². The number of benzene rings is 6. The average Bonchev–Trinajstić information content (AvgIpc) is 3.76. The smallest absolute Gasteiger partial charge is 0.154 e. The van der Waals surface area contributed by atoms with Crippen molar-refractivity contribution in [3.05, 3.63) is 133 Å². The van der Waals surface area contributed by atoms with Crippen molar-refractivity contribution in [3.8, 4) is 0 Å². The number of pyridine rings is 1. The summed E-state index contributed by atoms with van der Waals surface area (Å²) >= 11 is 0. The van der Waals surface area contributed by atoms with Gasteiger partial charge in [0.25, 0.3) is 0 Å². The second-order valence-electron chi connectivity index (χ2n) is 11.2. The highest BCUT2D eigenvalue weighted by molar-refractivity contribution is 6.17. The van der Waals surface area contributed by atoms with Crippen molar-refractivity contribution in [2.24, 2.45) is 0 Å². The van der Waals surface area contributed by atoms with Crippen molar-refractivity contribution in [3.63, 3.8) is 0 Å². The number of aromatic nitrogens is 1. The lowest BCUT2D eigenvalue weighted by Crippen LogP contribution is -2.11. The van der Waals surface area contributed by atoms with Gasteiger partial charge in [0.2, 0.25) is 0 Å². The van der Waals surface area contributed by atoms with E-state index in [-0.39, 0.29) is 0 Å². The van der Waals surface area contributed by atoms with Crippen LogP contribution in [-0.4, -0.2) is 4.98 Å². The van der Waals surface area contributed by atoms with Gasteiger partial charge in [-0.2, -0.15) is 0 Å². The van der Waals surface area contributed by atoms with Gasteiger partial charge in [-0.25, -0.2) is 4.98 Å². The first-order valence-corrected chi connectivity index (χ1v) is 14.6. The average molecular weight is 567 g/mol. The summed E-state index contributed by atoms with van der Waals surface area (Å²) in [6.07, 6.45) is 0. The second-order valence-corrected chi connectivity index (χ2v) is 11.2. The highest BCUT2D eigenvalue weighted by atomic mass is 16.3. The van der Waals surface area contributed by atoms with E-state index in [4.69, 9.17) is 18.2 Å². The molecule has 0 aliphatic rings. The van der Waals surface area contributed by atoms with Gasteiger partial charge in [0.1, 0.15) is 39.2 Å². The maximum atomic E-state index is 6.29. The molecule has 0 saturated heterocycles. The Hall–Kier alpha value is -6.07. The number of fused-ring (bicyclic) bond motifs is 11. The monoisotopic (exact) mass is 566 g/mol. The van der Waals surface area contributed by atoms with Crippen LogP contribution in [0.5, 0.6) is 0 Å². The van der Waals surface area contributed by atoms with Crippen LogP contribution >= 0.6 is 0 Å². The van der Waals surface area contributed by atoms with E-state index in [9.17, 15) is 0 Å². The zero-order valence-corrected chi connectivity index (χ0v) is 23.3. The summed E-state index contributed by atoms with van der Waals surface area (Å²) in [6, 6.07) is 45.5. The van der Waals surface area contributed by atoms with Gasteiger partial charge in [0.05, 0.1) is 5.39 Å². The van der Waals surface area contributed by atoms with Crippen molar-refractivity contribution in [1.29, 1.82) is 0 Å². The largest absolute Gasteiger partial charge is 0.456 e. The number of rotatable bonds is 3. The fourth-order valence-corrected chi connectivity index (χ4v) is 6.64. The summed E-state index contributed by atoms with van der Waals surface area (Å²) in [5.41, 5.74) is 7.80. The van der Waals surface area contributed by atoms with E-state index in [1.807, 2.05) is 66.7 Å². The number of hydrogen-bond donors (Lipinski definition) is 0. The van der Waals surface area contributed by atoms with E-state index in [0.29, 0.717) is 0 Å². The number of hydrogen-bond acceptors (Lipinski definition) is 5. The first-order chi connectivity index (χ1) is 21.8. The summed E-state index contributed by atoms with van der Waals surface area (Å²) in [4.78, 5) is 7.51. The molecule has 4 heterocycles. The van der Waals surface area contributed by atoms with Crippen molar-refractivity contribution >= 4 is 93.9 Å². The Morgan fingerprint density at radius 3 is 1.61 bits per heavy atom. The molecule has 10 rings (SSSR count). The molecule has 0 N–H and O–H groups in total. The van der Waals surface area contributed by atoms with E-state index >= 15 is 0 Å². The minimum atomic E-state index is 0.757. The van der Waals surface area contributed by atoms with Crippen LogP contribution in [0.25, 0.3) is 76.7 Å². The molecular weight excluding hydrogens is 544 g/mol. The van der Waals surface area contributed by atoms with Crippen molar-refractivity contribution < 1.29 is 13.3 Å². The standard InChI is InChI=1S/C39H22N2O3/c1-2-8-26-23(7-1)13-16-35-38(26)39-36(44-35)19-20-37(40-39)41(24-14-17-33-29(21-24)27-9-3-5-11-31(27)42-33)25-15-18-34-30(22-25)28-10-4-6-12-32(28)43-34/h1-22H. The molecule has 4 aromatic heterocycles. The number of para-hydroxylation sites is 2. The maximum absolute atomic E-state index is 6.29. The molecule has 206 valence electrons. The third kappa shape index (κ3) is 3.32. The molecule has 0 unspecified atom stereocenters. The van der Waals surface area contributed by atoms with Crippen molar-refractivity contribution in [2.75, 3.05) is 4.90 Å². The number of anilines is 3. The van der Waals surface area contributed by atoms with E-state index in [1.165, 1.54) is 0 Å². The minimum Gasteiger partial charge on any atom is -0.456 e. The Kier molecular flexibility index (Phi) is 4.66. The fraction of sp³-hybridized carbons (Fsp3) is 0. The summed E-state index contributed by atoms with van der Waals surface area (Å²) in [5.74, 6) is 0.785. The predicted molar refractivity (Wildman–Crippen MR) is 178 cm³/mol. The normalized spacial score (nSPS) is 12.1. The molecule has 0 aliphatic carbocycles. The van der Waals surface area contributed by atoms with Crippen LogP contribution in [0.2, 0.25) is 0 Å². The molecule has 0 saturated carbocycles. The van der Waals surface area contributed by atoms with Crippen LogP contribution in [-0.2, 0) is 0 Å². The highest BCUT2D eigenvalue weighted by Gasteiger charge is 2.20. The molecule has 44 heavy (non-hydrogen) atoms. The van der Waals surface area contributed by atoms with E-state index in [2.05, 4.69) is 71.6 Å². The summed E-state index contributed by atoms with van der Waals surface area (Å²) in [6.45, 7) is 0. The summed E-state index contributed by atoms with van der Waals surface area (Å²) in [7, 11) is 0. The van der Waals surface area contributed by atoms with Gasteiger partial charge < -0.3 is 13.3 Å². The lowest BCUT2D eigenvalue weighted by molar-refractivity contribution is 0.668. The van der Waals surface area contributed by atoms with E-state index in [0.717, 1.165) is 93.9 Å². The van der Waals surface area contributed by atoms with E-state index in [1.54, 1.807) is 0 Å². The Morgan fingerprint density at radius 2 is 0.932 bits per heavy atom. The Bertz CT molecular complexity index is 2630. The molecule has 0 radical (unpaired) electrons. The second kappa shape index (κ2) is 8.72. The Balaban J connectivity index is 1.26. The van der Waals surface area contributed by atoms with Gasteiger partial charge in [0.15, 0.2) is 5.58 Å². The quantitative estimate of drug-likeness (QED) is 0.213. The zero-order chi connectivity index (χ0) is 28.8. The van der Waals surface area contributed by atoms with Gasteiger partial charge in [-0.15, -0.1) is 0 Å². The molecule has 6 aromatic carbocycles. The molecule has 10 aromatic rings. The molecule has 0 amide bonds. The number of furan rings is 3. The molecular formula is C39H22N2O3. The summed E-state index contributed by atoms with van der Waals surface area (Å²) in [5, 5.41) is 7.57. The van der Waals surface area contributed by atoms with Gasteiger partial charge in [-0.05, 0) is 77.5 Å². The molecule has 0 aliphatic heterocycles. The third-order valence-electron chi connectivity index (χ3n) is 8.66. The highest BCUT2D eigenvalue weighted by Crippen LogP contribution is 2.42. The number of nitrogens with zero attached hydrogens (tertiary/aromatic N) is 2. The van der Waals surface area contributed by atoms with Gasteiger partial charge in [0, 0.05) is 32.9 Å². The molecule has 5 heteroatoms. The van der Waals surface area contributed by atoms with Crippen LogP contribution in [0.1, 0.15) is 0 Å². The van der Waals surface area contributed by atoms with E-state index < -0.39 is 0 Å². The molecule has 0 atom stereocenters. The first kappa shape index (κ1) is 23.5. The Morgan fingerprint density at radius 1 is 0.409 bits per heavy atom. The SMILES string of the molecule is c1ccc2c(c1)ccc1oc3ccc(N(c4ccc5oc6ccccc6c5c4)c4ccc5oc6ccccc6c5c4)nc3c12. The van der Waals surface area contributed by atoms with Crippen LogP contribution in [0.3, 0.4) is 0 Å². The van der Waals surface area contributed by atoms with Crippen molar-refractivity contribution in [2.45, 2.75) is 0 Å². The van der Waals surface area contributed by atoms with Crippen LogP contribution in [0, 0.1) is 0 Å². The molecule has 0 bridgehead atoms. The lowest BCUT2D eigenvalue weighted by atomic mass is 10.1. The third-order valence-corrected chi connectivity index (χ3v) is 8.66. The van der Waals surface area contributed by atoms with Crippen LogP contribution in [0.4, 0.5) is 17.2 Å².